The standard InChI is InChI=1S/C24H25F3N4O5/c1-4-36-23(33)14-7-9-30(10-8-14)22(32)16-13-28-31-20(24(25,26)27)12-17(29-21(16)31)15-5-6-18(34-2)19(11-15)35-3/h5-6,11-14H,4,7-10H2,1-3H3. The van der Waals surface area contributed by atoms with E-state index in [9.17, 15) is 22.8 Å². The molecule has 1 aliphatic heterocycles. The highest BCUT2D eigenvalue weighted by atomic mass is 19.4. The highest BCUT2D eigenvalue weighted by Gasteiger charge is 2.37. The number of alkyl halides is 3. The molecule has 1 amide bonds. The third-order valence-corrected chi connectivity index (χ3v) is 6.07. The van der Waals surface area contributed by atoms with Crippen LogP contribution in [0.5, 0.6) is 11.5 Å². The number of hydrogen-bond acceptors (Lipinski definition) is 7. The van der Waals surface area contributed by atoms with Gasteiger partial charge in [0.25, 0.3) is 5.91 Å². The lowest BCUT2D eigenvalue weighted by Gasteiger charge is -2.30. The lowest BCUT2D eigenvalue weighted by Crippen LogP contribution is -2.40. The van der Waals surface area contributed by atoms with Crippen LogP contribution in [0.2, 0.25) is 0 Å². The van der Waals surface area contributed by atoms with Crippen LogP contribution in [0, 0.1) is 5.92 Å². The summed E-state index contributed by atoms with van der Waals surface area (Å²) in [7, 11) is 2.86. The normalized spacial score (nSPS) is 14.7. The molecule has 0 bridgehead atoms. The lowest BCUT2D eigenvalue weighted by molar-refractivity contribution is -0.149. The molecule has 0 atom stereocenters. The number of halogens is 3. The Bertz CT molecular complexity index is 1280. The SMILES string of the molecule is CCOC(=O)C1CCN(C(=O)c2cnn3c(C(F)(F)F)cc(-c4ccc(OC)c(OC)c4)nc23)CC1. The second-order valence-electron chi connectivity index (χ2n) is 8.21. The molecule has 0 aliphatic carbocycles. The summed E-state index contributed by atoms with van der Waals surface area (Å²) in [5.74, 6) is -0.400. The molecule has 12 heteroatoms. The number of ether oxygens (including phenoxy) is 3. The monoisotopic (exact) mass is 506 g/mol. The van der Waals surface area contributed by atoms with E-state index in [1.165, 1.54) is 25.2 Å². The molecule has 1 aliphatic rings. The summed E-state index contributed by atoms with van der Waals surface area (Å²) >= 11 is 0. The molecular formula is C24H25F3N4O5. The first-order chi connectivity index (χ1) is 17.2. The highest BCUT2D eigenvalue weighted by Crippen LogP contribution is 2.36. The van der Waals surface area contributed by atoms with Crippen LogP contribution in [-0.4, -0.2) is 65.3 Å². The number of fused-ring (bicyclic) bond motifs is 1. The molecule has 1 fully saturated rings. The maximum atomic E-state index is 14.0. The zero-order chi connectivity index (χ0) is 26.0. The predicted molar refractivity (Wildman–Crippen MR) is 122 cm³/mol. The maximum Gasteiger partial charge on any atom is 0.433 e. The van der Waals surface area contributed by atoms with E-state index in [1.54, 1.807) is 19.1 Å². The number of carbonyl (C=O) groups is 2. The Morgan fingerprint density at radius 2 is 1.78 bits per heavy atom. The van der Waals surface area contributed by atoms with Gasteiger partial charge in [0.05, 0.1) is 38.6 Å². The number of aromatic nitrogens is 3. The first-order valence-corrected chi connectivity index (χ1v) is 11.3. The van der Waals surface area contributed by atoms with E-state index in [-0.39, 0.29) is 48.5 Å². The molecule has 0 saturated carbocycles. The van der Waals surface area contributed by atoms with E-state index in [1.807, 2.05) is 0 Å². The van der Waals surface area contributed by atoms with Gasteiger partial charge >= 0.3 is 12.1 Å². The van der Waals surface area contributed by atoms with Crippen LogP contribution in [0.1, 0.15) is 35.8 Å². The Labute approximate surface area is 204 Å². The number of hydrogen-bond donors (Lipinski definition) is 0. The molecule has 0 spiro atoms. The quantitative estimate of drug-likeness (QED) is 0.469. The average molecular weight is 506 g/mol. The van der Waals surface area contributed by atoms with E-state index >= 15 is 0 Å². The van der Waals surface area contributed by atoms with Crippen molar-refractivity contribution in [2.75, 3.05) is 33.9 Å². The molecule has 4 rings (SSSR count). The van der Waals surface area contributed by atoms with Gasteiger partial charge in [-0.1, -0.05) is 0 Å². The van der Waals surface area contributed by atoms with Crippen LogP contribution in [0.4, 0.5) is 13.2 Å². The Morgan fingerprint density at radius 1 is 1.08 bits per heavy atom. The van der Waals surface area contributed by atoms with Crippen molar-refractivity contribution in [1.29, 1.82) is 0 Å². The third-order valence-electron chi connectivity index (χ3n) is 6.07. The van der Waals surface area contributed by atoms with Gasteiger partial charge in [-0.15, -0.1) is 0 Å². The Balaban J connectivity index is 1.72. The summed E-state index contributed by atoms with van der Waals surface area (Å²) in [6.45, 7) is 2.53. The van der Waals surface area contributed by atoms with Crippen LogP contribution in [-0.2, 0) is 15.7 Å². The Kier molecular flexibility index (Phi) is 7.04. The molecule has 0 N–H and O–H groups in total. The molecule has 0 unspecified atom stereocenters. The zero-order valence-electron chi connectivity index (χ0n) is 20.0. The molecule has 1 aromatic carbocycles. The fraction of sp³-hybridized carbons (Fsp3) is 0.417. The van der Waals surface area contributed by atoms with Gasteiger partial charge in [0.15, 0.2) is 22.8 Å². The van der Waals surface area contributed by atoms with Gasteiger partial charge < -0.3 is 19.1 Å². The summed E-state index contributed by atoms with van der Waals surface area (Å²) in [5, 5.41) is 3.83. The summed E-state index contributed by atoms with van der Waals surface area (Å²) < 4.78 is 58.0. The summed E-state index contributed by atoms with van der Waals surface area (Å²) in [5.41, 5.74) is -1.01. The zero-order valence-corrected chi connectivity index (χ0v) is 20.0. The number of amides is 1. The van der Waals surface area contributed by atoms with E-state index in [4.69, 9.17) is 14.2 Å². The molecular weight excluding hydrogens is 481 g/mol. The van der Waals surface area contributed by atoms with E-state index in [0.29, 0.717) is 34.4 Å². The Morgan fingerprint density at radius 3 is 2.39 bits per heavy atom. The van der Waals surface area contributed by atoms with Gasteiger partial charge in [-0.2, -0.15) is 18.3 Å². The number of likely N-dealkylation sites (tertiary alicyclic amines) is 1. The number of piperidine rings is 1. The van der Waals surface area contributed by atoms with Gasteiger partial charge in [-0.05, 0) is 44.0 Å². The minimum atomic E-state index is -4.75. The van der Waals surface area contributed by atoms with Gasteiger partial charge in [-0.3, -0.25) is 9.59 Å². The molecule has 0 radical (unpaired) electrons. The average Bonchev–Trinajstić information content (AvgIpc) is 3.30. The maximum absolute atomic E-state index is 14.0. The van der Waals surface area contributed by atoms with Crippen LogP contribution in [0.3, 0.4) is 0 Å². The van der Waals surface area contributed by atoms with Gasteiger partial charge in [0, 0.05) is 18.7 Å². The summed E-state index contributed by atoms with van der Waals surface area (Å²) in [4.78, 5) is 31.1. The van der Waals surface area contributed by atoms with E-state index in [0.717, 1.165) is 12.3 Å². The van der Waals surface area contributed by atoms with Crippen molar-refractivity contribution in [1.82, 2.24) is 19.5 Å². The van der Waals surface area contributed by atoms with Gasteiger partial charge in [0.2, 0.25) is 0 Å². The lowest BCUT2D eigenvalue weighted by atomic mass is 9.96. The van der Waals surface area contributed by atoms with E-state index in [2.05, 4.69) is 10.1 Å². The van der Waals surface area contributed by atoms with Crippen molar-refractivity contribution < 1.29 is 37.0 Å². The van der Waals surface area contributed by atoms with Crippen molar-refractivity contribution in [3.8, 4) is 22.8 Å². The molecule has 36 heavy (non-hydrogen) atoms. The number of rotatable bonds is 6. The molecule has 192 valence electrons. The molecule has 9 nitrogen and oxygen atoms in total. The van der Waals surface area contributed by atoms with Gasteiger partial charge in [0.1, 0.15) is 5.56 Å². The molecule has 3 aromatic rings. The van der Waals surface area contributed by atoms with Crippen LogP contribution in [0.25, 0.3) is 16.9 Å². The molecule has 1 saturated heterocycles. The predicted octanol–water partition coefficient (Wildman–Crippen LogP) is 3.85. The number of benzene rings is 1. The number of carbonyl (C=O) groups excluding carboxylic acids is 2. The third kappa shape index (κ3) is 4.79. The number of esters is 1. The fourth-order valence-electron chi connectivity index (χ4n) is 4.21. The first kappa shape index (κ1) is 25.3. The Hall–Kier alpha value is -3.83. The van der Waals surface area contributed by atoms with Crippen LogP contribution in [0.15, 0.2) is 30.5 Å². The highest BCUT2D eigenvalue weighted by molar-refractivity contribution is 6.00. The first-order valence-electron chi connectivity index (χ1n) is 11.3. The van der Waals surface area contributed by atoms with Crippen molar-refractivity contribution in [2.24, 2.45) is 5.92 Å². The topological polar surface area (TPSA) is 95.3 Å². The largest absolute Gasteiger partial charge is 0.493 e. The molecule has 2 aromatic heterocycles. The summed E-state index contributed by atoms with van der Waals surface area (Å²) in [6, 6.07) is 5.50. The number of nitrogens with zero attached hydrogens (tertiary/aromatic N) is 4. The molecule has 3 heterocycles. The second-order valence-corrected chi connectivity index (χ2v) is 8.21. The minimum absolute atomic E-state index is 0.00801. The van der Waals surface area contributed by atoms with Crippen molar-refractivity contribution >= 4 is 17.5 Å². The second kappa shape index (κ2) is 10.0. The van der Waals surface area contributed by atoms with Gasteiger partial charge in [-0.25, -0.2) is 9.50 Å². The van der Waals surface area contributed by atoms with Crippen LogP contribution >= 0.6 is 0 Å². The fourth-order valence-corrected chi connectivity index (χ4v) is 4.21. The number of methoxy groups -OCH3 is 2. The van der Waals surface area contributed by atoms with Crippen molar-refractivity contribution in [2.45, 2.75) is 25.9 Å². The van der Waals surface area contributed by atoms with Crippen LogP contribution < -0.4 is 9.47 Å². The van der Waals surface area contributed by atoms with Crippen molar-refractivity contribution in [3.05, 3.63) is 41.7 Å². The smallest absolute Gasteiger partial charge is 0.433 e. The summed E-state index contributed by atoms with van der Waals surface area (Å²) in [6.07, 6.45) is -2.85. The minimum Gasteiger partial charge on any atom is -0.493 e. The van der Waals surface area contributed by atoms with Crippen molar-refractivity contribution in [3.63, 3.8) is 0 Å². The van der Waals surface area contributed by atoms with E-state index < -0.39 is 17.8 Å².